The SMILES string of the molecule is CCc1cc(F)cc(C2(C(=O)O)CC2)c1. The van der Waals surface area contributed by atoms with E-state index in [4.69, 9.17) is 5.11 Å². The highest BCUT2D eigenvalue weighted by atomic mass is 19.1. The zero-order valence-corrected chi connectivity index (χ0v) is 8.59. The summed E-state index contributed by atoms with van der Waals surface area (Å²) in [5.41, 5.74) is 0.677. The fraction of sp³-hybridized carbons (Fsp3) is 0.417. The second-order valence-electron chi connectivity index (χ2n) is 4.09. The van der Waals surface area contributed by atoms with Crippen molar-refractivity contribution in [3.8, 4) is 0 Å². The molecule has 80 valence electrons. The molecular weight excluding hydrogens is 195 g/mol. The third-order valence-electron chi connectivity index (χ3n) is 3.08. The Morgan fingerprint density at radius 1 is 1.47 bits per heavy atom. The first-order valence-corrected chi connectivity index (χ1v) is 5.12. The van der Waals surface area contributed by atoms with Crippen LogP contribution in [0.15, 0.2) is 18.2 Å². The quantitative estimate of drug-likeness (QED) is 0.828. The highest BCUT2D eigenvalue weighted by Crippen LogP contribution is 2.48. The molecule has 3 heteroatoms. The second-order valence-corrected chi connectivity index (χ2v) is 4.09. The third-order valence-corrected chi connectivity index (χ3v) is 3.08. The minimum atomic E-state index is -0.838. The first-order chi connectivity index (χ1) is 7.08. The molecule has 1 aromatic carbocycles. The van der Waals surface area contributed by atoms with Crippen LogP contribution < -0.4 is 0 Å². The maximum absolute atomic E-state index is 13.2. The maximum atomic E-state index is 13.2. The molecule has 1 N–H and O–H groups in total. The molecule has 1 aromatic rings. The van der Waals surface area contributed by atoms with Crippen molar-refractivity contribution >= 4 is 5.97 Å². The molecule has 0 unspecified atom stereocenters. The number of halogens is 1. The number of aliphatic carboxylic acids is 1. The lowest BCUT2D eigenvalue weighted by Crippen LogP contribution is -2.19. The third kappa shape index (κ3) is 1.62. The number of benzene rings is 1. The lowest BCUT2D eigenvalue weighted by atomic mass is 9.94. The summed E-state index contributed by atoms with van der Waals surface area (Å²) in [6.45, 7) is 1.93. The van der Waals surface area contributed by atoms with Crippen molar-refractivity contribution < 1.29 is 14.3 Å². The Morgan fingerprint density at radius 2 is 2.13 bits per heavy atom. The van der Waals surface area contributed by atoms with E-state index in [2.05, 4.69) is 0 Å². The van der Waals surface area contributed by atoms with E-state index in [0.717, 1.165) is 12.0 Å². The Labute approximate surface area is 87.7 Å². The van der Waals surface area contributed by atoms with Crippen LogP contribution in [0, 0.1) is 5.82 Å². The Kier molecular flexibility index (Phi) is 2.25. The number of aryl methyl sites for hydroxylation is 1. The van der Waals surface area contributed by atoms with E-state index in [0.29, 0.717) is 18.4 Å². The molecule has 2 rings (SSSR count). The highest BCUT2D eigenvalue weighted by Gasteiger charge is 2.51. The molecule has 2 nitrogen and oxygen atoms in total. The van der Waals surface area contributed by atoms with Gasteiger partial charge in [0, 0.05) is 0 Å². The minimum absolute atomic E-state index is 0.336. The van der Waals surface area contributed by atoms with Crippen LogP contribution in [0.2, 0.25) is 0 Å². The predicted octanol–water partition coefficient (Wildman–Crippen LogP) is 2.50. The summed E-state index contributed by atoms with van der Waals surface area (Å²) in [6, 6.07) is 4.62. The monoisotopic (exact) mass is 208 g/mol. The van der Waals surface area contributed by atoms with Gasteiger partial charge in [0.25, 0.3) is 0 Å². The van der Waals surface area contributed by atoms with Gasteiger partial charge in [-0.15, -0.1) is 0 Å². The van der Waals surface area contributed by atoms with Gasteiger partial charge in [0.2, 0.25) is 0 Å². The Morgan fingerprint density at radius 3 is 2.60 bits per heavy atom. The lowest BCUT2D eigenvalue weighted by molar-refractivity contribution is -0.140. The van der Waals surface area contributed by atoms with Gasteiger partial charge < -0.3 is 5.11 Å². The topological polar surface area (TPSA) is 37.3 Å². The molecule has 1 aliphatic rings. The summed E-state index contributed by atoms with van der Waals surface area (Å²) in [5.74, 6) is -1.17. The molecule has 0 heterocycles. The van der Waals surface area contributed by atoms with Gasteiger partial charge >= 0.3 is 5.97 Å². The first kappa shape index (κ1) is 10.1. The predicted molar refractivity (Wildman–Crippen MR) is 54.3 cm³/mol. The molecule has 0 saturated heterocycles. The second kappa shape index (κ2) is 3.33. The van der Waals surface area contributed by atoms with Gasteiger partial charge in [-0.2, -0.15) is 0 Å². The molecule has 15 heavy (non-hydrogen) atoms. The average Bonchev–Trinajstić information content (AvgIpc) is 2.97. The molecule has 0 aromatic heterocycles. The van der Waals surface area contributed by atoms with Gasteiger partial charge in [-0.1, -0.05) is 13.0 Å². The van der Waals surface area contributed by atoms with Crippen molar-refractivity contribution in [3.63, 3.8) is 0 Å². The van der Waals surface area contributed by atoms with Gasteiger partial charge in [-0.05, 0) is 42.5 Å². The summed E-state index contributed by atoms with van der Waals surface area (Å²) in [5, 5.41) is 9.09. The maximum Gasteiger partial charge on any atom is 0.314 e. The van der Waals surface area contributed by atoms with Gasteiger partial charge in [0.15, 0.2) is 0 Å². The number of carboxylic acids is 1. The van der Waals surface area contributed by atoms with Crippen LogP contribution in [0.25, 0.3) is 0 Å². The number of hydrogen-bond acceptors (Lipinski definition) is 1. The van der Waals surface area contributed by atoms with Crippen molar-refractivity contribution in [2.24, 2.45) is 0 Å². The normalized spacial score (nSPS) is 17.5. The highest BCUT2D eigenvalue weighted by molar-refractivity contribution is 5.84. The number of rotatable bonds is 3. The van der Waals surface area contributed by atoms with Crippen molar-refractivity contribution in [2.75, 3.05) is 0 Å². The molecule has 0 aliphatic heterocycles. The molecule has 1 fully saturated rings. The van der Waals surface area contributed by atoms with E-state index in [1.165, 1.54) is 12.1 Å². The zero-order valence-electron chi connectivity index (χ0n) is 8.59. The fourth-order valence-electron chi connectivity index (χ4n) is 1.88. The van der Waals surface area contributed by atoms with Crippen molar-refractivity contribution in [3.05, 3.63) is 35.1 Å². The Balaban J connectivity index is 2.44. The molecule has 1 saturated carbocycles. The van der Waals surface area contributed by atoms with E-state index in [1.54, 1.807) is 0 Å². The van der Waals surface area contributed by atoms with Crippen LogP contribution in [0.5, 0.6) is 0 Å². The molecule has 0 atom stereocenters. The lowest BCUT2D eigenvalue weighted by Gasteiger charge is -2.11. The van der Waals surface area contributed by atoms with Gasteiger partial charge in [0.1, 0.15) is 5.82 Å². The van der Waals surface area contributed by atoms with Crippen LogP contribution in [-0.4, -0.2) is 11.1 Å². The average molecular weight is 208 g/mol. The summed E-state index contributed by atoms with van der Waals surface area (Å²) in [6.07, 6.45) is 1.96. The first-order valence-electron chi connectivity index (χ1n) is 5.12. The summed E-state index contributed by atoms with van der Waals surface area (Å²) >= 11 is 0. The van der Waals surface area contributed by atoms with Crippen molar-refractivity contribution in [2.45, 2.75) is 31.6 Å². The van der Waals surface area contributed by atoms with E-state index in [1.807, 2.05) is 13.0 Å². The van der Waals surface area contributed by atoms with E-state index in [9.17, 15) is 9.18 Å². The van der Waals surface area contributed by atoms with Crippen LogP contribution in [0.3, 0.4) is 0 Å². The van der Waals surface area contributed by atoms with Crippen molar-refractivity contribution in [1.82, 2.24) is 0 Å². The van der Waals surface area contributed by atoms with Gasteiger partial charge in [-0.3, -0.25) is 4.79 Å². The molecule has 0 bridgehead atoms. The fourth-order valence-corrected chi connectivity index (χ4v) is 1.88. The van der Waals surface area contributed by atoms with E-state index >= 15 is 0 Å². The standard InChI is InChI=1S/C12H13FO2/c1-2-8-5-9(7-10(13)6-8)12(3-4-12)11(14)15/h5-7H,2-4H2,1H3,(H,14,15). The zero-order chi connectivity index (χ0) is 11.1. The molecule has 0 radical (unpaired) electrons. The van der Waals surface area contributed by atoms with Gasteiger partial charge in [0.05, 0.1) is 5.41 Å². The molecule has 1 aliphatic carbocycles. The van der Waals surface area contributed by atoms with Crippen LogP contribution >= 0.6 is 0 Å². The Bertz CT molecular complexity index is 408. The van der Waals surface area contributed by atoms with Gasteiger partial charge in [-0.25, -0.2) is 4.39 Å². The molecule has 0 amide bonds. The summed E-state index contributed by atoms with van der Waals surface area (Å²) in [7, 11) is 0. The van der Waals surface area contributed by atoms with E-state index in [-0.39, 0.29) is 5.82 Å². The smallest absolute Gasteiger partial charge is 0.314 e. The molecule has 0 spiro atoms. The van der Waals surface area contributed by atoms with Crippen LogP contribution in [-0.2, 0) is 16.6 Å². The summed E-state index contributed by atoms with van der Waals surface area (Å²) in [4.78, 5) is 11.1. The number of carbonyl (C=O) groups is 1. The Hall–Kier alpha value is -1.38. The number of carboxylic acid groups (broad SMARTS) is 1. The van der Waals surface area contributed by atoms with Crippen LogP contribution in [0.1, 0.15) is 30.9 Å². The van der Waals surface area contributed by atoms with Crippen molar-refractivity contribution in [1.29, 1.82) is 0 Å². The minimum Gasteiger partial charge on any atom is -0.481 e. The number of hydrogen-bond donors (Lipinski definition) is 1. The largest absolute Gasteiger partial charge is 0.481 e. The molecular formula is C12H13FO2. The summed E-state index contributed by atoms with van der Waals surface area (Å²) < 4.78 is 13.2. The van der Waals surface area contributed by atoms with E-state index < -0.39 is 11.4 Å². The van der Waals surface area contributed by atoms with Crippen LogP contribution in [0.4, 0.5) is 4.39 Å².